The standard InChI is InChI=1S/C19H23N5O3/c20-17(25)18-21-16(27-22-18)12-23-8-3-9-24(11-10-23)19(26)15-7-6-13-4-1-2-5-14(13)15/h1-2,4-5,15H,3,6-12H2,(H2,20,25). The Bertz CT molecular complexity index is 849. The Balaban J connectivity index is 1.37. The fourth-order valence-corrected chi connectivity index (χ4v) is 3.99. The maximum atomic E-state index is 13.1. The zero-order valence-corrected chi connectivity index (χ0v) is 15.1. The summed E-state index contributed by atoms with van der Waals surface area (Å²) < 4.78 is 5.08. The van der Waals surface area contributed by atoms with Gasteiger partial charge in [0.2, 0.25) is 11.8 Å². The molecule has 2 aromatic rings. The van der Waals surface area contributed by atoms with E-state index in [4.69, 9.17) is 10.3 Å². The molecular formula is C19H23N5O3. The van der Waals surface area contributed by atoms with Gasteiger partial charge in [-0.25, -0.2) is 0 Å². The predicted molar refractivity (Wildman–Crippen MR) is 96.8 cm³/mol. The van der Waals surface area contributed by atoms with Crippen molar-refractivity contribution in [3.8, 4) is 0 Å². The highest BCUT2D eigenvalue weighted by Gasteiger charge is 2.32. The molecule has 1 fully saturated rings. The number of primary amides is 1. The molecule has 1 aliphatic carbocycles. The van der Waals surface area contributed by atoms with E-state index >= 15 is 0 Å². The number of fused-ring (bicyclic) bond motifs is 1. The van der Waals surface area contributed by atoms with Crippen LogP contribution in [0.25, 0.3) is 0 Å². The second-order valence-electron chi connectivity index (χ2n) is 7.12. The average molecular weight is 369 g/mol. The van der Waals surface area contributed by atoms with Gasteiger partial charge in [0.25, 0.3) is 11.7 Å². The molecule has 0 spiro atoms. The van der Waals surface area contributed by atoms with Crippen LogP contribution in [0.2, 0.25) is 0 Å². The molecule has 2 amide bonds. The lowest BCUT2D eigenvalue weighted by atomic mass is 10.00. The van der Waals surface area contributed by atoms with Crippen molar-refractivity contribution in [2.45, 2.75) is 31.7 Å². The number of benzene rings is 1. The zero-order valence-electron chi connectivity index (χ0n) is 15.1. The predicted octanol–water partition coefficient (Wildman–Crippen LogP) is 0.933. The van der Waals surface area contributed by atoms with Crippen molar-refractivity contribution in [2.75, 3.05) is 26.2 Å². The number of nitrogens with zero attached hydrogens (tertiary/aromatic N) is 4. The van der Waals surface area contributed by atoms with E-state index in [2.05, 4.69) is 27.2 Å². The number of aromatic nitrogens is 2. The van der Waals surface area contributed by atoms with Crippen molar-refractivity contribution in [1.29, 1.82) is 0 Å². The number of rotatable bonds is 4. The van der Waals surface area contributed by atoms with Crippen LogP contribution in [0.5, 0.6) is 0 Å². The first-order valence-corrected chi connectivity index (χ1v) is 9.33. The molecule has 1 aromatic carbocycles. The van der Waals surface area contributed by atoms with Crippen LogP contribution in [0.1, 0.15) is 46.4 Å². The van der Waals surface area contributed by atoms with Gasteiger partial charge in [0.05, 0.1) is 12.5 Å². The number of hydrogen-bond acceptors (Lipinski definition) is 6. The quantitative estimate of drug-likeness (QED) is 0.860. The van der Waals surface area contributed by atoms with Crippen molar-refractivity contribution in [3.63, 3.8) is 0 Å². The van der Waals surface area contributed by atoms with Crippen molar-refractivity contribution in [3.05, 3.63) is 47.1 Å². The van der Waals surface area contributed by atoms with Gasteiger partial charge in [-0.3, -0.25) is 14.5 Å². The minimum atomic E-state index is -0.700. The van der Waals surface area contributed by atoms with Crippen LogP contribution in [0.15, 0.2) is 28.8 Å². The van der Waals surface area contributed by atoms with Crippen LogP contribution in [-0.2, 0) is 17.8 Å². The summed E-state index contributed by atoms with van der Waals surface area (Å²) in [7, 11) is 0. The van der Waals surface area contributed by atoms with Gasteiger partial charge in [-0.15, -0.1) is 0 Å². The Morgan fingerprint density at radius 2 is 2.04 bits per heavy atom. The summed E-state index contributed by atoms with van der Waals surface area (Å²) in [4.78, 5) is 32.3. The van der Waals surface area contributed by atoms with Crippen molar-refractivity contribution >= 4 is 11.8 Å². The number of carbonyl (C=O) groups excluding carboxylic acids is 2. The Morgan fingerprint density at radius 3 is 2.85 bits per heavy atom. The molecule has 0 saturated carbocycles. The lowest BCUT2D eigenvalue weighted by Crippen LogP contribution is -2.37. The third-order valence-corrected chi connectivity index (χ3v) is 5.38. The zero-order chi connectivity index (χ0) is 18.8. The second kappa shape index (κ2) is 7.48. The molecule has 1 aliphatic heterocycles. The number of carbonyl (C=O) groups is 2. The van der Waals surface area contributed by atoms with E-state index in [0.29, 0.717) is 19.0 Å². The maximum absolute atomic E-state index is 13.1. The largest absolute Gasteiger partial charge is 0.363 e. The maximum Gasteiger partial charge on any atom is 0.290 e. The highest BCUT2D eigenvalue weighted by Crippen LogP contribution is 2.34. The summed E-state index contributed by atoms with van der Waals surface area (Å²) in [5.74, 6) is -0.211. The summed E-state index contributed by atoms with van der Waals surface area (Å²) in [5, 5.41) is 3.57. The smallest absolute Gasteiger partial charge is 0.290 e. The first-order valence-electron chi connectivity index (χ1n) is 9.33. The topological polar surface area (TPSA) is 106 Å². The van der Waals surface area contributed by atoms with Gasteiger partial charge in [0.15, 0.2) is 0 Å². The van der Waals surface area contributed by atoms with Gasteiger partial charge >= 0.3 is 0 Å². The van der Waals surface area contributed by atoms with E-state index in [1.807, 2.05) is 17.0 Å². The molecular weight excluding hydrogens is 346 g/mol. The van der Waals surface area contributed by atoms with Crippen molar-refractivity contribution < 1.29 is 14.1 Å². The lowest BCUT2D eigenvalue weighted by molar-refractivity contribution is -0.132. The molecule has 1 aromatic heterocycles. The van der Waals surface area contributed by atoms with E-state index < -0.39 is 5.91 Å². The summed E-state index contributed by atoms with van der Waals surface area (Å²) in [6, 6.07) is 8.26. The first-order chi connectivity index (χ1) is 13.1. The van der Waals surface area contributed by atoms with E-state index in [1.54, 1.807) is 0 Å². The Hall–Kier alpha value is -2.74. The van der Waals surface area contributed by atoms with Crippen LogP contribution in [0.4, 0.5) is 0 Å². The van der Waals surface area contributed by atoms with Gasteiger partial charge in [-0.05, 0) is 30.4 Å². The Labute approximate surface area is 157 Å². The molecule has 27 heavy (non-hydrogen) atoms. The third kappa shape index (κ3) is 3.71. The minimum Gasteiger partial charge on any atom is -0.363 e. The van der Waals surface area contributed by atoms with Gasteiger partial charge in [-0.2, -0.15) is 4.98 Å². The van der Waals surface area contributed by atoms with E-state index in [9.17, 15) is 9.59 Å². The first kappa shape index (κ1) is 17.7. The summed E-state index contributed by atoms with van der Waals surface area (Å²) in [6.07, 6.45) is 2.76. The highest BCUT2D eigenvalue weighted by molar-refractivity contribution is 5.88. The van der Waals surface area contributed by atoms with Gasteiger partial charge in [-0.1, -0.05) is 29.4 Å². The molecule has 8 nitrogen and oxygen atoms in total. The Kier molecular flexibility index (Phi) is 4.89. The number of hydrogen-bond donors (Lipinski definition) is 1. The molecule has 2 aliphatic rings. The fourth-order valence-electron chi connectivity index (χ4n) is 3.99. The number of amides is 2. The SMILES string of the molecule is NC(=O)c1noc(CN2CCCN(C(=O)C3CCc4ccccc43)CC2)n1. The molecule has 2 heterocycles. The molecule has 1 unspecified atom stereocenters. The van der Waals surface area contributed by atoms with Crippen molar-refractivity contribution in [1.82, 2.24) is 19.9 Å². The normalized spacial score (nSPS) is 20.3. The van der Waals surface area contributed by atoms with E-state index in [1.165, 1.54) is 11.1 Å². The van der Waals surface area contributed by atoms with E-state index in [-0.39, 0.29) is 17.6 Å². The van der Waals surface area contributed by atoms with Crippen LogP contribution in [0, 0.1) is 0 Å². The average Bonchev–Trinajstić information content (AvgIpc) is 3.24. The monoisotopic (exact) mass is 369 g/mol. The molecule has 2 N–H and O–H groups in total. The van der Waals surface area contributed by atoms with E-state index in [0.717, 1.165) is 38.9 Å². The molecule has 4 rings (SSSR count). The molecule has 1 atom stereocenters. The second-order valence-corrected chi connectivity index (χ2v) is 7.12. The molecule has 142 valence electrons. The summed E-state index contributed by atoms with van der Waals surface area (Å²) >= 11 is 0. The summed E-state index contributed by atoms with van der Waals surface area (Å²) in [5.41, 5.74) is 7.64. The molecule has 0 bridgehead atoms. The number of nitrogens with two attached hydrogens (primary N) is 1. The highest BCUT2D eigenvalue weighted by atomic mass is 16.5. The number of aryl methyl sites for hydroxylation is 1. The van der Waals surface area contributed by atoms with Crippen LogP contribution in [0.3, 0.4) is 0 Å². The Morgan fingerprint density at radius 1 is 1.19 bits per heavy atom. The molecule has 8 heteroatoms. The fraction of sp³-hybridized carbons (Fsp3) is 0.474. The lowest BCUT2D eigenvalue weighted by Gasteiger charge is -2.24. The minimum absolute atomic E-state index is 0.0122. The van der Waals surface area contributed by atoms with Gasteiger partial charge in [0.1, 0.15) is 0 Å². The van der Waals surface area contributed by atoms with Crippen molar-refractivity contribution in [2.24, 2.45) is 5.73 Å². The molecule has 0 radical (unpaired) electrons. The van der Waals surface area contributed by atoms with Crippen LogP contribution < -0.4 is 5.73 Å². The van der Waals surface area contributed by atoms with Crippen LogP contribution in [-0.4, -0.2) is 57.9 Å². The van der Waals surface area contributed by atoms with Gasteiger partial charge < -0.3 is 15.2 Å². The molecule has 1 saturated heterocycles. The third-order valence-electron chi connectivity index (χ3n) is 5.38. The summed E-state index contributed by atoms with van der Waals surface area (Å²) in [6.45, 7) is 3.45. The van der Waals surface area contributed by atoms with Gasteiger partial charge in [0, 0.05) is 26.2 Å². The van der Waals surface area contributed by atoms with Crippen LogP contribution >= 0.6 is 0 Å².